The maximum absolute atomic E-state index is 13.0. The van der Waals surface area contributed by atoms with Gasteiger partial charge in [-0.2, -0.15) is 0 Å². The van der Waals surface area contributed by atoms with E-state index < -0.39 is 17.2 Å². The van der Waals surface area contributed by atoms with Crippen LogP contribution in [-0.4, -0.2) is 5.54 Å². The van der Waals surface area contributed by atoms with E-state index in [1.165, 1.54) is 12.1 Å². The molecule has 2 unspecified atom stereocenters. The summed E-state index contributed by atoms with van der Waals surface area (Å²) in [6, 6.07) is 3.56. The molecule has 0 fully saturated rings. The predicted octanol–water partition coefficient (Wildman–Crippen LogP) is 3.27. The van der Waals surface area contributed by atoms with Gasteiger partial charge in [-0.05, 0) is 37.0 Å². The Hall–Kier alpha value is -0.960. The summed E-state index contributed by atoms with van der Waals surface area (Å²) >= 11 is 0. The van der Waals surface area contributed by atoms with Crippen LogP contribution in [0.3, 0.4) is 0 Å². The van der Waals surface area contributed by atoms with Gasteiger partial charge in [0.05, 0.1) is 0 Å². The van der Waals surface area contributed by atoms with E-state index in [1.54, 1.807) is 0 Å². The molecule has 0 saturated heterocycles. The van der Waals surface area contributed by atoms with Crippen molar-refractivity contribution in [1.29, 1.82) is 0 Å². The first-order valence-electron chi connectivity index (χ1n) is 5.59. The summed E-state index contributed by atoms with van der Waals surface area (Å²) < 4.78 is 26.0. The van der Waals surface area contributed by atoms with Crippen LogP contribution >= 0.6 is 0 Å². The lowest BCUT2D eigenvalue weighted by atomic mass is 9.81. The van der Waals surface area contributed by atoms with Crippen molar-refractivity contribution in [1.82, 2.24) is 0 Å². The molecule has 0 amide bonds. The second-order valence-corrected chi connectivity index (χ2v) is 4.77. The van der Waals surface area contributed by atoms with Crippen molar-refractivity contribution in [2.75, 3.05) is 0 Å². The van der Waals surface area contributed by atoms with Crippen molar-refractivity contribution in [3.8, 4) is 0 Å². The van der Waals surface area contributed by atoms with Crippen LogP contribution < -0.4 is 5.73 Å². The van der Waals surface area contributed by atoms with Crippen LogP contribution in [0.1, 0.15) is 32.8 Å². The smallest absolute Gasteiger partial charge is 0.126 e. The van der Waals surface area contributed by atoms with Crippen LogP contribution in [0, 0.1) is 17.6 Å². The Morgan fingerprint density at radius 3 is 2.19 bits per heavy atom. The number of benzene rings is 1. The van der Waals surface area contributed by atoms with Gasteiger partial charge in [0.1, 0.15) is 11.6 Å². The molecule has 90 valence electrons. The molecule has 0 aliphatic rings. The molecule has 3 heteroatoms. The molecule has 0 radical (unpaired) electrons. The van der Waals surface area contributed by atoms with Crippen molar-refractivity contribution in [3.05, 3.63) is 35.4 Å². The molecule has 0 heterocycles. The molecule has 0 aliphatic heterocycles. The van der Waals surface area contributed by atoms with Crippen LogP contribution in [0.15, 0.2) is 18.2 Å². The van der Waals surface area contributed by atoms with E-state index in [9.17, 15) is 8.78 Å². The Balaban J connectivity index is 2.87. The van der Waals surface area contributed by atoms with Crippen molar-refractivity contribution >= 4 is 0 Å². The van der Waals surface area contributed by atoms with Crippen LogP contribution in [0.4, 0.5) is 8.78 Å². The SMILES string of the molecule is CCC(C)C(C)(N)Cc1cc(F)cc(F)c1. The molecule has 1 aromatic rings. The van der Waals surface area contributed by atoms with E-state index in [2.05, 4.69) is 13.8 Å². The van der Waals surface area contributed by atoms with Gasteiger partial charge in [0, 0.05) is 11.6 Å². The highest BCUT2D eigenvalue weighted by Gasteiger charge is 2.25. The second-order valence-electron chi connectivity index (χ2n) is 4.77. The summed E-state index contributed by atoms with van der Waals surface area (Å²) in [7, 11) is 0. The zero-order valence-corrected chi connectivity index (χ0v) is 10.1. The van der Waals surface area contributed by atoms with Gasteiger partial charge in [-0.3, -0.25) is 0 Å². The third-order valence-electron chi connectivity index (χ3n) is 3.25. The van der Waals surface area contributed by atoms with Crippen molar-refractivity contribution in [2.24, 2.45) is 11.7 Å². The summed E-state index contributed by atoms with van der Waals surface area (Å²) in [4.78, 5) is 0. The molecule has 0 aliphatic carbocycles. The summed E-state index contributed by atoms with van der Waals surface area (Å²) in [5.41, 5.74) is 6.34. The summed E-state index contributed by atoms with van der Waals surface area (Å²) in [5, 5.41) is 0. The van der Waals surface area contributed by atoms with Crippen molar-refractivity contribution in [2.45, 2.75) is 39.2 Å². The van der Waals surface area contributed by atoms with Crippen LogP contribution in [0.25, 0.3) is 0 Å². The fraction of sp³-hybridized carbons (Fsp3) is 0.538. The molecule has 0 spiro atoms. The first-order valence-corrected chi connectivity index (χ1v) is 5.59. The van der Waals surface area contributed by atoms with Crippen molar-refractivity contribution < 1.29 is 8.78 Å². The lowest BCUT2D eigenvalue weighted by molar-refractivity contribution is 0.306. The van der Waals surface area contributed by atoms with Gasteiger partial charge >= 0.3 is 0 Å². The Kier molecular flexibility index (Phi) is 4.03. The summed E-state index contributed by atoms with van der Waals surface area (Å²) in [6.07, 6.45) is 1.43. The molecule has 0 aromatic heterocycles. The normalized spacial score (nSPS) is 16.9. The Bertz CT molecular complexity index is 341. The molecule has 2 N–H and O–H groups in total. The molecule has 1 nitrogen and oxygen atoms in total. The number of rotatable bonds is 4. The van der Waals surface area contributed by atoms with E-state index in [0.29, 0.717) is 17.9 Å². The Labute approximate surface area is 95.7 Å². The van der Waals surface area contributed by atoms with Gasteiger partial charge in [0.25, 0.3) is 0 Å². The van der Waals surface area contributed by atoms with Gasteiger partial charge in [-0.25, -0.2) is 8.78 Å². The third-order valence-corrected chi connectivity index (χ3v) is 3.25. The fourth-order valence-corrected chi connectivity index (χ4v) is 1.79. The molecule has 0 bridgehead atoms. The van der Waals surface area contributed by atoms with E-state index in [-0.39, 0.29) is 0 Å². The highest BCUT2D eigenvalue weighted by Crippen LogP contribution is 2.23. The molecular weight excluding hydrogens is 208 g/mol. The maximum atomic E-state index is 13.0. The first-order chi connectivity index (χ1) is 7.35. The maximum Gasteiger partial charge on any atom is 0.126 e. The van der Waals surface area contributed by atoms with E-state index in [0.717, 1.165) is 12.5 Å². The van der Waals surface area contributed by atoms with Crippen LogP contribution in [0.5, 0.6) is 0 Å². The topological polar surface area (TPSA) is 26.0 Å². The first kappa shape index (κ1) is 13.1. The van der Waals surface area contributed by atoms with Crippen molar-refractivity contribution in [3.63, 3.8) is 0 Å². The minimum absolute atomic E-state index is 0.304. The molecule has 2 atom stereocenters. The molecular formula is C13H19F2N. The van der Waals surface area contributed by atoms with Gasteiger partial charge in [-0.15, -0.1) is 0 Å². The molecule has 16 heavy (non-hydrogen) atoms. The number of hydrogen-bond acceptors (Lipinski definition) is 1. The summed E-state index contributed by atoms with van der Waals surface area (Å²) in [6.45, 7) is 6.03. The van der Waals surface area contributed by atoms with Crippen LogP contribution in [0.2, 0.25) is 0 Å². The third kappa shape index (κ3) is 3.27. The quantitative estimate of drug-likeness (QED) is 0.839. The highest BCUT2D eigenvalue weighted by atomic mass is 19.1. The zero-order chi connectivity index (χ0) is 12.3. The minimum atomic E-state index is -0.546. The monoisotopic (exact) mass is 227 g/mol. The molecule has 1 rings (SSSR count). The lowest BCUT2D eigenvalue weighted by Gasteiger charge is -2.31. The standard InChI is InChI=1S/C13H19F2N/c1-4-9(2)13(3,16)8-10-5-11(14)7-12(15)6-10/h5-7,9H,4,8,16H2,1-3H3. The van der Waals surface area contributed by atoms with E-state index in [1.807, 2.05) is 6.92 Å². The predicted molar refractivity (Wildman–Crippen MR) is 62.1 cm³/mol. The number of hydrogen-bond donors (Lipinski definition) is 1. The van der Waals surface area contributed by atoms with Gasteiger partial charge in [0.2, 0.25) is 0 Å². The largest absolute Gasteiger partial charge is 0.325 e. The highest BCUT2D eigenvalue weighted by molar-refractivity contribution is 5.20. The van der Waals surface area contributed by atoms with Gasteiger partial charge in [0.15, 0.2) is 0 Å². The molecule has 1 aromatic carbocycles. The Morgan fingerprint density at radius 1 is 1.25 bits per heavy atom. The average Bonchev–Trinajstić information content (AvgIpc) is 2.13. The van der Waals surface area contributed by atoms with Gasteiger partial charge < -0.3 is 5.73 Å². The zero-order valence-electron chi connectivity index (χ0n) is 10.1. The number of nitrogens with two attached hydrogens (primary N) is 1. The average molecular weight is 227 g/mol. The van der Waals surface area contributed by atoms with E-state index in [4.69, 9.17) is 5.73 Å². The lowest BCUT2D eigenvalue weighted by Crippen LogP contribution is -2.44. The summed E-state index contributed by atoms with van der Waals surface area (Å²) in [5.74, 6) is -0.788. The Morgan fingerprint density at radius 2 is 1.75 bits per heavy atom. The van der Waals surface area contributed by atoms with E-state index >= 15 is 0 Å². The minimum Gasteiger partial charge on any atom is -0.325 e. The fourth-order valence-electron chi connectivity index (χ4n) is 1.79. The van der Waals surface area contributed by atoms with Crippen LogP contribution in [-0.2, 0) is 6.42 Å². The molecule has 0 saturated carbocycles. The second kappa shape index (κ2) is 4.91. The van der Waals surface area contributed by atoms with Gasteiger partial charge in [-0.1, -0.05) is 20.3 Å². The number of halogens is 2.